The molecule has 2 N–H and O–H groups in total. The van der Waals surface area contributed by atoms with Gasteiger partial charge in [0.1, 0.15) is 5.01 Å². The fourth-order valence-electron chi connectivity index (χ4n) is 0.990. The lowest BCUT2D eigenvalue weighted by Gasteiger charge is -2.09. The van der Waals surface area contributed by atoms with Crippen LogP contribution in [0.4, 0.5) is 0 Å². The van der Waals surface area contributed by atoms with E-state index in [4.69, 9.17) is 5.11 Å². The first kappa shape index (κ1) is 11.6. The van der Waals surface area contributed by atoms with Crippen molar-refractivity contribution < 1.29 is 14.7 Å². The molecule has 0 aliphatic heterocycles. The highest BCUT2D eigenvalue weighted by atomic mass is 32.1. The Hall–Kier alpha value is -1.43. The van der Waals surface area contributed by atoms with E-state index in [0.717, 1.165) is 0 Å². The molecule has 1 amide bonds. The molecule has 1 heterocycles. The predicted molar refractivity (Wildman–Crippen MR) is 55.9 cm³/mol. The molecule has 1 aromatic rings. The Morgan fingerprint density at radius 2 is 2.33 bits per heavy atom. The third-order valence-corrected chi connectivity index (χ3v) is 2.84. The van der Waals surface area contributed by atoms with Gasteiger partial charge in [0.05, 0.1) is 6.04 Å². The summed E-state index contributed by atoms with van der Waals surface area (Å²) in [6, 6.07) is -0.240. The van der Waals surface area contributed by atoms with Crippen LogP contribution in [0.1, 0.15) is 41.8 Å². The van der Waals surface area contributed by atoms with Gasteiger partial charge >= 0.3 is 5.97 Å². The van der Waals surface area contributed by atoms with Crippen LogP contribution >= 0.6 is 11.3 Å². The SMILES string of the molecule is CCC(=O)NC(C)c1nc(C(=O)O)cs1. The number of carbonyl (C=O) groups excluding carboxylic acids is 1. The summed E-state index contributed by atoms with van der Waals surface area (Å²) in [5.74, 6) is -1.12. The summed E-state index contributed by atoms with van der Waals surface area (Å²) < 4.78 is 0. The average molecular weight is 228 g/mol. The molecular formula is C9H12N2O3S. The second kappa shape index (κ2) is 4.88. The first-order valence-electron chi connectivity index (χ1n) is 4.52. The van der Waals surface area contributed by atoms with Crippen LogP contribution in [0.5, 0.6) is 0 Å². The number of nitrogens with zero attached hydrogens (tertiary/aromatic N) is 1. The number of aromatic carboxylic acids is 1. The molecule has 5 nitrogen and oxygen atoms in total. The number of amides is 1. The maximum atomic E-state index is 11.1. The van der Waals surface area contributed by atoms with Gasteiger partial charge in [-0.1, -0.05) is 6.92 Å². The quantitative estimate of drug-likeness (QED) is 0.817. The summed E-state index contributed by atoms with van der Waals surface area (Å²) >= 11 is 1.23. The van der Waals surface area contributed by atoms with Crippen molar-refractivity contribution >= 4 is 23.2 Å². The third-order valence-electron chi connectivity index (χ3n) is 1.81. The van der Waals surface area contributed by atoms with Gasteiger partial charge in [-0.25, -0.2) is 9.78 Å². The van der Waals surface area contributed by atoms with Crippen molar-refractivity contribution in [3.63, 3.8) is 0 Å². The molecular weight excluding hydrogens is 216 g/mol. The number of carboxylic acid groups (broad SMARTS) is 1. The summed E-state index contributed by atoms with van der Waals surface area (Å²) in [4.78, 5) is 25.6. The van der Waals surface area contributed by atoms with Gasteiger partial charge in [-0.2, -0.15) is 0 Å². The van der Waals surface area contributed by atoms with Crippen molar-refractivity contribution in [1.29, 1.82) is 0 Å². The minimum atomic E-state index is -1.05. The molecule has 0 spiro atoms. The van der Waals surface area contributed by atoms with Crippen LogP contribution in [0.2, 0.25) is 0 Å². The van der Waals surface area contributed by atoms with Crippen molar-refractivity contribution in [2.24, 2.45) is 0 Å². The minimum Gasteiger partial charge on any atom is -0.476 e. The molecule has 82 valence electrons. The average Bonchev–Trinajstić information content (AvgIpc) is 2.66. The van der Waals surface area contributed by atoms with Crippen LogP contribution in [-0.2, 0) is 4.79 Å². The number of aromatic nitrogens is 1. The fourth-order valence-corrected chi connectivity index (χ4v) is 1.79. The van der Waals surface area contributed by atoms with E-state index in [-0.39, 0.29) is 17.6 Å². The van der Waals surface area contributed by atoms with Gasteiger partial charge in [0.15, 0.2) is 5.69 Å². The first-order chi connectivity index (χ1) is 7.04. The van der Waals surface area contributed by atoms with Gasteiger partial charge in [-0.15, -0.1) is 11.3 Å². The maximum absolute atomic E-state index is 11.1. The number of thiazole rings is 1. The van der Waals surface area contributed by atoms with Crippen LogP contribution in [-0.4, -0.2) is 22.0 Å². The second-order valence-corrected chi connectivity index (χ2v) is 3.91. The predicted octanol–water partition coefficient (Wildman–Crippen LogP) is 1.43. The molecule has 0 aliphatic rings. The highest BCUT2D eigenvalue weighted by molar-refractivity contribution is 7.09. The number of nitrogens with one attached hydrogen (secondary N) is 1. The van der Waals surface area contributed by atoms with Crippen molar-refractivity contribution in [2.75, 3.05) is 0 Å². The Morgan fingerprint density at radius 1 is 1.67 bits per heavy atom. The highest BCUT2D eigenvalue weighted by Gasteiger charge is 2.14. The second-order valence-electron chi connectivity index (χ2n) is 3.02. The summed E-state index contributed by atoms with van der Waals surface area (Å²) in [6.07, 6.45) is 0.404. The molecule has 0 fully saturated rings. The Kier molecular flexibility index (Phi) is 3.79. The van der Waals surface area contributed by atoms with Gasteiger partial charge in [0.25, 0.3) is 0 Å². The van der Waals surface area contributed by atoms with Crippen LogP contribution in [0.3, 0.4) is 0 Å². The van der Waals surface area contributed by atoms with Crippen LogP contribution in [0.25, 0.3) is 0 Å². The topological polar surface area (TPSA) is 79.3 Å². The van der Waals surface area contributed by atoms with Crippen LogP contribution in [0, 0.1) is 0 Å². The molecule has 0 aromatic carbocycles. The summed E-state index contributed by atoms with van der Waals surface area (Å²) in [6.45, 7) is 3.53. The number of carboxylic acids is 1. The molecule has 0 radical (unpaired) electrons. The Balaban J connectivity index is 2.69. The normalized spacial score (nSPS) is 12.1. The lowest BCUT2D eigenvalue weighted by atomic mass is 10.3. The van der Waals surface area contributed by atoms with Crippen molar-refractivity contribution in [1.82, 2.24) is 10.3 Å². The van der Waals surface area contributed by atoms with Gasteiger partial charge in [-0.3, -0.25) is 4.79 Å². The standard InChI is InChI=1S/C9H12N2O3S/c1-3-7(12)10-5(2)8-11-6(4-15-8)9(13)14/h4-5H,3H2,1-2H3,(H,10,12)(H,13,14). The Morgan fingerprint density at radius 3 is 2.80 bits per heavy atom. The maximum Gasteiger partial charge on any atom is 0.355 e. The third kappa shape index (κ3) is 3.02. The van der Waals surface area contributed by atoms with E-state index in [1.54, 1.807) is 13.8 Å². The zero-order valence-corrected chi connectivity index (χ0v) is 9.30. The zero-order chi connectivity index (χ0) is 11.4. The lowest BCUT2D eigenvalue weighted by Crippen LogP contribution is -2.25. The number of carbonyl (C=O) groups is 2. The molecule has 0 aliphatic carbocycles. The van der Waals surface area contributed by atoms with E-state index in [1.165, 1.54) is 16.7 Å². The van der Waals surface area contributed by atoms with E-state index >= 15 is 0 Å². The molecule has 0 saturated carbocycles. The van der Waals surface area contributed by atoms with Crippen molar-refractivity contribution in [3.05, 3.63) is 16.1 Å². The summed E-state index contributed by atoms with van der Waals surface area (Å²) in [5, 5.41) is 13.4. The Bertz CT molecular complexity index is 375. The minimum absolute atomic E-state index is 0.0209. The van der Waals surface area contributed by atoms with Crippen LogP contribution in [0.15, 0.2) is 5.38 Å². The van der Waals surface area contributed by atoms with Crippen LogP contribution < -0.4 is 5.32 Å². The van der Waals surface area contributed by atoms with Crippen molar-refractivity contribution in [3.8, 4) is 0 Å². The monoisotopic (exact) mass is 228 g/mol. The van der Waals surface area contributed by atoms with E-state index in [2.05, 4.69) is 10.3 Å². The first-order valence-corrected chi connectivity index (χ1v) is 5.40. The van der Waals surface area contributed by atoms with E-state index in [9.17, 15) is 9.59 Å². The van der Waals surface area contributed by atoms with E-state index in [1.807, 2.05) is 0 Å². The number of rotatable bonds is 4. The summed E-state index contributed by atoms with van der Waals surface area (Å²) in [5.41, 5.74) is 0.0209. The van der Waals surface area contributed by atoms with Gasteiger partial charge in [-0.05, 0) is 6.92 Å². The molecule has 1 atom stereocenters. The van der Waals surface area contributed by atoms with Gasteiger partial charge in [0, 0.05) is 11.8 Å². The highest BCUT2D eigenvalue weighted by Crippen LogP contribution is 2.17. The van der Waals surface area contributed by atoms with E-state index < -0.39 is 5.97 Å². The Labute approximate surface area is 91.1 Å². The molecule has 1 aromatic heterocycles. The molecule has 0 saturated heterocycles. The fraction of sp³-hybridized carbons (Fsp3) is 0.444. The van der Waals surface area contributed by atoms with Crippen molar-refractivity contribution in [2.45, 2.75) is 26.3 Å². The number of hydrogen-bond donors (Lipinski definition) is 2. The largest absolute Gasteiger partial charge is 0.476 e. The van der Waals surface area contributed by atoms with Gasteiger partial charge < -0.3 is 10.4 Å². The lowest BCUT2D eigenvalue weighted by molar-refractivity contribution is -0.121. The molecule has 1 unspecified atom stereocenters. The molecule has 1 rings (SSSR count). The van der Waals surface area contributed by atoms with Gasteiger partial charge in [0.2, 0.25) is 5.91 Å². The molecule has 15 heavy (non-hydrogen) atoms. The summed E-state index contributed by atoms with van der Waals surface area (Å²) in [7, 11) is 0. The molecule has 0 bridgehead atoms. The smallest absolute Gasteiger partial charge is 0.355 e. The zero-order valence-electron chi connectivity index (χ0n) is 8.48. The van der Waals surface area contributed by atoms with E-state index in [0.29, 0.717) is 11.4 Å². The number of hydrogen-bond acceptors (Lipinski definition) is 4. The molecule has 6 heteroatoms.